The number of piperidine rings is 1. The van der Waals surface area contributed by atoms with Crippen LogP contribution in [0.25, 0.3) is 10.8 Å². The first kappa shape index (κ1) is 23.9. The van der Waals surface area contributed by atoms with Gasteiger partial charge in [0.2, 0.25) is 5.91 Å². The van der Waals surface area contributed by atoms with E-state index in [1.165, 1.54) is 16.3 Å². The van der Waals surface area contributed by atoms with Gasteiger partial charge in [-0.15, -0.1) is 0 Å². The fraction of sp³-hybridized carbons (Fsp3) is 0.357. The van der Waals surface area contributed by atoms with Crippen LogP contribution in [0.15, 0.2) is 66.7 Å². The number of fused-ring (bicyclic) bond motifs is 1. The molecule has 0 aliphatic carbocycles. The molecule has 178 valence electrons. The number of amides is 2. The summed E-state index contributed by atoms with van der Waals surface area (Å²) in [7, 11) is 1.64. The second-order valence-corrected chi connectivity index (χ2v) is 8.83. The molecule has 0 spiro atoms. The molecule has 1 fully saturated rings. The molecule has 4 rings (SSSR count). The molecular formula is C28H33N3O3. The molecule has 6 heteroatoms. The van der Waals surface area contributed by atoms with Gasteiger partial charge < -0.3 is 15.4 Å². The summed E-state index contributed by atoms with van der Waals surface area (Å²) in [6, 6.07) is 22.1. The lowest BCUT2D eigenvalue weighted by molar-refractivity contribution is -0.121. The Balaban J connectivity index is 1.31. The number of methoxy groups -OCH3 is 1. The van der Waals surface area contributed by atoms with Crippen molar-refractivity contribution < 1.29 is 14.3 Å². The predicted molar refractivity (Wildman–Crippen MR) is 136 cm³/mol. The Bertz CT molecular complexity index is 1120. The molecule has 1 aliphatic heterocycles. The smallest absolute Gasteiger partial charge is 0.253 e. The number of benzene rings is 3. The third kappa shape index (κ3) is 6.01. The average Bonchev–Trinajstić information content (AvgIpc) is 2.87. The van der Waals surface area contributed by atoms with E-state index in [4.69, 9.17) is 4.74 Å². The van der Waals surface area contributed by atoms with Crippen molar-refractivity contribution in [1.29, 1.82) is 0 Å². The van der Waals surface area contributed by atoms with E-state index in [9.17, 15) is 9.59 Å². The molecule has 0 atom stereocenters. The fourth-order valence-electron chi connectivity index (χ4n) is 4.56. The lowest BCUT2D eigenvalue weighted by Crippen LogP contribution is -2.38. The van der Waals surface area contributed by atoms with Crippen LogP contribution < -0.4 is 10.6 Å². The average molecular weight is 460 g/mol. The number of carbonyl (C=O) groups excluding carboxylic acids is 2. The van der Waals surface area contributed by atoms with E-state index in [-0.39, 0.29) is 17.7 Å². The van der Waals surface area contributed by atoms with Crippen LogP contribution in [0.3, 0.4) is 0 Å². The summed E-state index contributed by atoms with van der Waals surface area (Å²) in [5.41, 5.74) is 2.38. The first-order valence-electron chi connectivity index (χ1n) is 12.0. The predicted octanol–water partition coefficient (Wildman–Crippen LogP) is 4.46. The first-order valence-corrected chi connectivity index (χ1v) is 12.0. The van der Waals surface area contributed by atoms with Crippen LogP contribution in [0.4, 0.5) is 5.69 Å². The minimum atomic E-state index is -0.183. The summed E-state index contributed by atoms with van der Waals surface area (Å²) < 4.78 is 5.02. The SMILES string of the molecule is COCCCNC(=O)c1ccccc1NC(=O)C1CCN(Cc2cccc3ccccc23)CC1. The lowest BCUT2D eigenvalue weighted by Gasteiger charge is -2.31. The zero-order valence-corrected chi connectivity index (χ0v) is 19.8. The van der Waals surface area contributed by atoms with Gasteiger partial charge >= 0.3 is 0 Å². The molecule has 1 heterocycles. The van der Waals surface area contributed by atoms with Gasteiger partial charge in [-0.2, -0.15) is 0 Å². The zero-order chi connectivity index (χ0) is 23.8. The Kier molecular flexibility index (Phi) is 8.28. The number of rotatable bonds is 9. The molecule has 2 N–H and O–H groups in total. The van der Waals surface area contributed by atoms with E-state index in [0.29, 0.717) is 24.4 Å². The third-order valence-corrected chi connectivity index (χ3v) is 6.47. The number of carbonyl (C=O) groups is 2. The first-order chi connectivity index (χ1) is 16.7. The largest absolute Gasteiger partial charge is 0.385 e. The Hall–Kier alpha value is -3.22. The maximum Gasteiger partial charge on any atom is 0.253 e. The second-order valence-electron chi connectivity index (χ2n) is 8.83. The topological polar surface area (TPSA) is 70.7 Å². The van der Waals surface area contributed by atoms with Gasteiger partial charge in [-0.3, -0.25) is 14.5 Å². The van der Waals surface area contributed by atoms with Crippen molar-refractivity contribution in [1.82, 2.24) is 10.2 Å². The van der Waals surface area contributed by atoms with Crippen molar-refractivity contribution in [2.75, 3.05) is 38.7 Å². The van der Waals surface area contributed by atoms with Gasteiger partial charge in [-0.1, -0.05) is 54.6 Å². The summed E-state index contributed by atoms with van der Waals surface area (Å²) in [6.45, 7) is 3.77. The van der Waals surface area contributed by atoms with Crippen molar-refractivity contribution in [3.63, 3.8) is 0 Å². The maximum absolute atomic E-state index is 13.0. The molecule has 0 saturated carbocycles. The fourth-order valence-corrected chi connectivity index (χ4v) is 4.56. The Morgan fingerprint density at radius 1 is 0.971 bits per heavy atom. The number of hydrogen-bond donors (Lipinski definition) is 2. The highest BCUT2D eigenvalue weighted by molar-refractivity contribution is 6.04. The molecule has 3 aromatic carbocycles. The highest BCUT2D eigenvalue weighted by Gasteiger charge is 2.26. The molecule has 2 amide bonds. The molecule has 0 bridgehead atoms. The number of hydrogen-bond acceptors (Lipinski definition) is 4. The molecule has 34 heavy (non-hydrogen) atoms. The van der Waals surface area contributed by atoms with Gasteiger partial charge in [0.05, 0.1) is 11.3 Å². The highest BCUT2D eigenvalue weighted by Crippen LogP contribution is 2.25. The van der Waals surface area contributed by atoms with Crippen LogP contribution >= 0.6 is 0 Å². The van der Waals surface area contributed by atoms with E-state index in [0.717, 1.165) is 38.9 Å². The molecule has 0 unspecified atom stereocenters. The van der Waals surface area contributed by atoms with Gasteiger partial charge in [0.25, 0.3) is 5.91 Å². The van der Waals surface area contributed by atoms with Crippen molar-refractivity contribution >= 4 is 28.3 Å². The molecule has 1 aliphatic rings. The number of anilines is 1. The Labute approximate surface area is 201 Å². The lowest BCUT2D eigenvalue weighted by atomic mass is 9.94. The van der Waals surface area contributed by atoms with Crippen LogP contribution in [0, 0.1) is 5.92 Å². The number of para-hydroxylation sites is 1. The van der Waals surface area contributed by atoms with Gasteiger partial charge in [0.15, 0.2) is 0 Å². The Morgan fingerprint density at radius 2 is 1.71 bits per heavy atom. The van der Waals surface area contributed by atoms with Crippen molar-refractivity contribution in [3.8, 4) is 0 Å². The summed E-state index contributed by atoms with van der Waals surface area (Å²) in [5.74, 6) is -0.247. The monoisotopic (exact) mass is 459 g/mol. The van der Waals surface area contributed by atoms with Crippen molar-refractivity contribution in [2.24, 2.45) is 5.92 Å². The summed E-state index contributed by atoms with van der Waals surface area (Å²) in [4.78, 5) is 28.0. The van der Waals surface area contributed by atoms with Crippen LogP contribution in [0.1, 0.15) is 35.2 Å². The summed E-state index contributed by atoms with van der Waals surface area (Å²) >= 11 is 0. The molecule has 6 nitrogen and oxygen atoms in total. The quantitative estimate of drug-likeness (QED) is 0.464. The summed E-state index contributed by atoms with van der Waals surface area (Å²) in [6.07, 6.45) is 2.36. The van der Waals surface area contributed by atoms with Crippen molar-refractivity contribution in [2.45, 2.75) is 25.8 Å². The van der Waals surface area contributed by atoms with Crippen LogP contribution in [-0.2, 0) is 16.1 Å². The van der Waals surface area contributed by atoms with E-state index < -0.39 is 0 Å². The number of ether oxygens (including phenoxy) is 1. The summed E-state index contributed by atoms with van der Waals surface area (Å²) in [5, 5.41) is 8.45. The van der Waals surface area contributed by atoms with E-state index in [1.54, 1.807) is 19.2 Å². The number of nitrogens with one attached hydrogen (secondary N) is 2. The molecule has 3 aromatic rings. The second kappa shape index (κ2) is 11.8. The van der Waals surface area contributed by atoms with E-state index in [1.807, 2.05) is 12.1 Å². The van der Waals surface area contributed by atoms with Gasteiger partial charge in [-0.25, -0.2) is 0 Å². The van der Waals surface area contributed by atoms with Crippen LogP contribution in [-0.4, -0.2) is 50.1 Å². The minimum Gasteiger partial charge on any atom is -0.385 e. The molecule has 1 saturated heterocycles. The molecule has 0 radical (unpaired) electrons. The van der Waals surface area contributed by atoms with E-state index >= 15 is 0 Å². The van der Waals surface area contributed by atoms with Crippen LogP contribution in [0.2, 0.25) is 0 Å². The standard InChI is InChI=1S/C28H33N3O3/c1-34-19-7-16-29-28(33)25-12-4-5-13-26(25)30-27(32)22-14-17-31(18-15-22)20-23-10-6-9-21-8-2-3-11-24(21)23/h2-6,8-13,22H,7,14-20H2,1H3,(H,29,33)(H,30,32). The van der Waals surface area contributed by atoms with Gasteiger partial charge in [0.1, 0.15) is 0 Å². The number of likely N-dealkylation sites (tertiary alicyclic amines) is 1. The minimum absolute atomic E-state index is 0.00977. The third-order valence-electron chi connectivity index (χ3n) is 6.47. The number of nitrogens with zero attached hydrogens (tertiary/aromatic N) is 1. The van der Waals surface area contributed by atoms with E-state index in [2.05, 4.69) is 58.0 Å². The zero-order valence-electron chi connectivity index (χ0n) is 19.8. The molecule has 0 aromatic heterocycles. The van der Waals surface area contributed by atoms with Crippen LogP contribution in [0.5, 0.6) is 0 Å². The van der Waals surface area contributed by atoms with Crippen molar-refractivity contribution in [3.05, 3.63) is 77.9 Å². The molecular weight excluding hydrogens is 426 g/mol. The maximum atomic E-state index is 13.0. The van der Waals surface area contributed by atoms with Gasteiger partial charge in [0, 0.05) is 32.7 Å². The normalized spacial score (nSPS) is 14.7. The highest BCUT2D eigenvalue weighted by atomic mass is 16.5. The van der Waals surface area contributed by atoms with Gasteiger partial charge in [-0.05, 0) is 60.8 Å². The Morgan fingerprint density at radius 3 is 2.53 bits per heavy atom.